The smallest absolute Gasteiger partial charge is 0.417 e. The molecule has 0 heterocycles. The number of halogens is 6. The minimum absolute atomic E-state index is 0.110. The van der Waals surface area contributed by atoms with Gasteiger partial charge in [-0.3, -0.25) is 0 Å². The second-order valence-electron chi connectivity index (χ2n) is 5.05. The van der Waals surface area contributed by atoms with Crippen LogP contribution in [-0.2, 0) is 17.1 Å². The first-order valence-corrected chi connectivity index (χ1v) is 7.10. The third-order valence-electron chi connectivity index (χ3n) is 3.37. The average Bonchev–Trinajstić information content (AvgIpc) is 2.53. The molecule has 0 atom stereocenters. The van der Waals surface area contributed by atoms with Gasteiger partial charge in [-0.2, -0.15) is 26.3 Å². The van der Waals surface area contributed by atoms with Crippen LogP contribution < -0.4 is 0 Å². The molecule has 0 saturated heterocycles. The van der Waals surface area contributed by atoms with Crippen molar-refractivity contribution in [3.8, 4) is 11.1 Å². The fraction of sp³-hybridized carbons (Fsp3) is 0.235. The molecule has 0 fully saturated rings. The number of carbonyl (C=O) groups excluding carboxylic acids is 1. The predicted molar refractivity (Wildman–Crippen MR) is 77.8 cm³/mol. The predicted octanol–water partition coefficient (Wildman–Crippen LogP) is 5.57. The number of alkyl halides is 6. The van der Waals surface area contributed by atoms with Gasteiger partial charge in [0.2, 0.25) is 0 Å². The van der Waals surface area contributed by atoms with Gasteiger partial charge in [-0.15, -0.1) is 0 Å². The highest BCUT2D eigenvalue weighted by atomic mass is 19.4. The van der Waals surface area contributed by atoms with E-state index >= 15 is 0 Å². The second kappa shape index (κ2) is 6.78. The topological polar surface area (TPSA) is 26.3 Å². The summed E-state index contributed by atoms with van der Waals surface area (Å²) in [4.78, 5) is 11.8. The number of hydrogen-bond acceptors (Lipinski definition) is 2. The van der Waals surface area contributed by atoms with Crippen molar-refractivity contribution in [1.82, 2.24) is 0 Å². The quantitative estimate of drug-likeness (QED) is 0.527. The molecule has 0 spiro atoms. The molecule has 0 bridgehead atoms. The van der Waals surface area contributed by atoms with E-state index in [4.69, 9.17) is 0 Å². The Hall–Kier alpha value is -2.51. The zero-order valence-electron chi connectivity index (χ0n) is 12.8. The second-order valence-corrected chi connectivity index (χ2v) is 5.05. The summed E-state index contributed by atoms with van der Waals surface area (Å²) in [6, 6.07) is 6.64. The van der Waals surface area contributed by atoms with Gasteiger partial charge in [-0.25, -0.2) is 4.79 Å². The standard InChI is InChI=1S/C17H12F6O2/c1-2-25-15(24)13-9-11(5-8-14(13)17(21,22)23)10-3-6-12(7-4-10)16(18,19)20/h3-9H,2H2,1H3. The number of ether oxygens (including phenoxy) is 1. The van der Waals surface area contributed by atoms with Gasteiger partial charge >= 0.3 is 18.3 Å². The molecule has 0 aliphatic heterocycles. The highest BCUT2D eigenvalue weighted by Gasteiger charge is 2.36. The Morgan fingerprint density at radius 2 is 1.44 bits per heavy atom. The normalized spacial score (nSPS) is 12.1. The first-order chi connectivity index (χ1) is 11.5. The van der Waals surface area contributed by atoms with Crippen LogP contribution in [-0.4, -0.2) is 12.6 Å². The summed E-state index contributed by atoms with van der Waals surface area (Å²) in [5.41, 5.74) is -2.32. The van der Waals surface area contributed by atoms with Gasteiger partial charge in [-0.1, -0.05) is 18.2 Å². The summed E-state index contributed by atoms with van der Waals surface area (Å²) < 4.78 is 81.5. The van der Waals surface area contributed by atoms with E-state index in [2.05, 4.69) is 4.74 Å². The third kappa shape index (κ3) is 4.32. The monoisotopic (exact) mass is 362 g/mol. The van der Waals surface area contributed by atoms with E-state index in [1.54, 1.807) is 0 Å². The minimum Gasteiger partial charge on any atom is -0.462 e. The van der Waals surface area contributed by atoms with E-state index in [-0.39, 0.29) is 17.7 Å². The zero-order chi connectivity index (χ0) is 18.8. The summed E-state index contributed by atoms with van der Waals surface area (Å²) in [7, 11) is 0. The summed E-state index contributed by atoms with van der Waals surface area (Å²) in [5.74, 6) is -1.15. The lowest BCUT2D eigenvalue weighted by Crippen LogP contribution is -2.15. The summed E-state index contributed by atoms with van der Waals surface area (Å²) in [6.45, 7) is 1.34. The molecule has 2 aromatic rings. The van der Waals surface area contributed by atoms with Crippen molar-refractivity contribution < 1.29 is 35.9 Å². The van der Waals surface area contributed by atoms with E-state index in [1.165, 1.54) is 6.92 Å². The van der Waals surface area contributed by atoms with Crippen LogP contribution in [0, 0.1) is 0 Å². The van der Waals surface area contributed by atoms with Crippen molar-refractivity contribution in [3.63, 3.8) is 0 Å². The van der Waals surface area contributed by atoms with Crippen LogP contribution in [0.4, 0.5) is 26.3 Å². The Morgan fingerprint density at radius 1 is 0.880 bits per heavy atom. The maximum absolute atomic E-state index is 13.0. The fourth-order valence-electron chi connectivity index (χ4n) is 2.20. The Bertz CT molecular complexity index is 760. The van der Waals surface area contributed by atoms with Crippen molar-refractivity contribution in [2.24, 2.45) is 0 Å². The molecule has 0 saturated carbocycles. The molecule has 8 heteroatoms. The van der Waals surface area contributed by atoms with Crippen LogP contribution in [0.25, 0.3) is 11.1 Å². The molecule has 25 heavy (non-hydrogen) atoms. The first-order valence-electron chi connectivity index (χ1n) is 7.10. The van der Waals surface area contributed by atoms with E-state index in [9.17, 15) is 31.1 Å². The van der Waals surface area contributed by atoms with Gasteiger partial charge in [0.05, 0.1) is 23.3 Å². The highest BCUT2D eigenvalue weighted by molar-refractivity contribution is 5.93. The number of benzene rings is 2. The van der Waals surface area contributed by atoms with Crippen LogP contribution in [0.1, 0.15) is 28.4 Å². The molecule has 2 aromatic carbocycles. The highest BCUT2D eigenvalue weighted by Crippen LogP contribution is 2.36. The van der Waals surface area contributed by atoms with Crippen LogP contribution in [0.5, 0.6) is 0 Å². The van der Waals surface area contributed by atoms with Crippen molar-refractivity contribution in [1.29, 1.82) is 0 Å². The van der Waals surface area contributed by atoms with E-state index in [1.807, 2.05) is 0 Å². The Kier molecular flexibility index (Phi) is 5.10. The SMILES string of the molecule is CCOC(=O)c1cc(-c2ccc(C(F)(F)F)cc2)ccc1C(F)(F)F. The van der Waals surface area contributed by atoms with E-state index in [0.29, 0.717) is 6.07 Å². The minimum atomic E-state index is -4.76. The lowest BCUT2D eigenvalue weighted by Gasteiger charge is -2.14. The molecule has 2 nitrogen and oxygen atoms in total. The largest absolute Gasteiger partial charge is 0.462 e. The number of hydrogen-bond donors (Lipinski definition) is 0. The van der Waals surface area contributed by atoms with Crippen LogP contribution in [0.3, 0.4) is 0 Å². The van der Waals surface area contributed by atoms with Gasteiger partial charge in [0.1, 0.15) is 0 Å². The summed E-state index contributed by atoms with van der Waals surface area (Å²) >= 11 is 0. The number of rotatable bonds is 3. The van der Waals surface area contributed by atoms with Gasteiger partial charge in [-0.05, 0) is 42.3 Å². The van der Waals surface area contributed by atoms with Crippen molar-refractivity contribution >= 4 is 5.97 Å². The van der Waals surface area contributed by atoms with Gasteiger partial charge < -0.3 is 4.74 Å². The Morgan fingerprint density at radius 3 is 1.92 bits per heavy atom. The van der Waals surface area contributed by atoms with Gasteiger partial charge in [0.25, 0.3) is 0 Å². The lowest BCUT2D eigenvalue weighted by molar-refractivity contribution is -0.138. The molecule has 0 unspecified atom stereocenters. The van der Waals surface area contributed by atoms with Crippen molar-refractivity contribution in [3.05, 3.63) is 59.2 Å². The lowest BCUT2D eigenvalue weighted by atomic mass is 9.98. The number of carbonyl (C=O) groups is 1. The van der Waals surface area contributed by atoms with Crippen molar-refractivity contribution in [2.45, 2.75) is 19.3 Å². The zero-order valence-corrected chi connectivity index (χ0v) is 12.8. The number of esters is 1. The van der Waals surface area contributed by atoms with Gasteiger partial charge in [0.15, 0.2) is 0 Å². The maximum atomic E-state index is 13.0. The fourth-order valence-corrected chi connectivity index (χ4v) is 2.20. The average molecular weight is 362 g/mol. The van der Waals surface area contributed by atoms with Gasteiger partial charge in [0, 0.05) is 0 Å². The van der Waals surface area contributed by atoms with Crippen LogP contribution >= 0.6 is 0 Å². The third-order valence-corrected chi connectivity index (χ3v) is 3.37. The molecule has 0 aliphatic rings. The first kappa shape index (κ1) is 18.8. The molecule has 0 amide bonds. The van der Waals surface area contributed by atoms with Crippen molar-refractivity contribution in [2.75, 3.05) is 6.61 Å². The van der Waals surface area contributed by atoms with Crippen LogP contribution in [0.15, 0.2) is 42.5 Å². The Balaban J connectivity index is 2.49. The van der Waals surface area contributed by atoms with Crippen LogP contribution in [0.2, 0.25) is 0 Å². The molecule has 2 rings (SSSR count). The molecule has 0 N–H and O–H groups in total. The molecular weight excluding hydrogens is 350 g/mol. The Labute approximate surface area is 139 Å². The summed E-state index contributed by atoms with van der Waals surface area (Å²) in [6.07, 6.45) is -9.28. The molecule has 0 aliphatic carbocycles. The summed E-state index contributed by atoms with van der Waals surface area (Å²) in [5, 5.41) is 0. The van der Waals surface area contributed by atoms with E-state index < -0.39 is 35.0 Å². The molecule has 0 aromatic heterocycles. The molecule has 134 valence electrons. The molecular formula is C17H12F6O2. The molecule has 0 radical (unpaired) electrons. The van der Waals surface area contributed by atoms with E-state index in [0.717, 1.165) is 36.4 Å². The maximum Gasteiger partial charge on any atom is 0.417 e.